The quantitative estimate of drug-likeness (QED) is 0.353. The normalized spacial score (nSPS) is 12.3. The first kappa shape index (κ1) is 20.8. The van der Waals surface area contributed by atoms with E-state index in [1.165, 1.54) is 10.5 Å². The van der Waals surface area contributed by atoms with E-state index in [0.29, 0.717) is 17.8 Å². The number of guanidine groups is 1. The Morgan fingerprint density at radius 2 is 1.67 bits per heavy atom. The minimum Gasteiger partial charge on any atom is -0.355 e. The molecule has 0 spiro atoms. The average Bonchev–Trinajstić information content (AvgIpc) is 2.69. The molecule has 0 bridgehead atoms. The van der Waals surface area contributed by atoms with Crippen molar-refractivity contribution in [2.45, 2.75) is 23.5 Å². The van der Waals surface area contributed by atoms with E-state index in [4.69, 9.17) is 0 Å². The van der Waals surface area contributed by atoms with E-state index in [9.17, 15) is 4.79 Å². The van der Waals surface area contributed by atoms with Crippen LogP contribution in [0.4, 0.5) is 0 Å². The van der Waals surface area contributed by atoms with Crippen molar-refractivity contribution in [1.82, 2.24) is 16.0 Å². The first-order valence-corrected chi connectivity index (χ1v) is 10.0. The first-order valence-electron chi connectivity index (χ1n) is 9.14. The van der Waals surface area contributed by atoms with Gasteiger partial charge in [0.15, 0.2) is 5.96 Å². The molecule has 5 nitrogen and oxygen atoms in total. The monoisotopic (exact) mass is 384 g/mol. The highest BCUT2D eigenvalue weighted by molar-refractivity contribution is 8.00. The van der Waals surface area contributed by atoms with Crippen LogP contribution in [0.25, 0.3) is 0 Å². The van der Waals surface area contributed by atoms with Crippen LogP contribution in [-0.2, 0) is 11.2 Å². The number of nitrogens with one attached hydrogen (secondary N) is 3. The number of rotatable bonds is 9. The molecule has 2 rings (SSSR count). The zero-order chi connectivity index (χ0) is 19.3. The van der Waals surface area contributed by atoms with E-state index < -0.39 is 0 Å². The van der Waals surface area contributed by atoms with Crippen LogP contribution in [0, 0.1) is 0 Å². The van der Waals surface area contributed by atoms with Gasteiger partial charge in [-0.2, -0.15) is 0 Å². The maximum atomic E-state index is 12.0. The molecule has 2 aromatic carbocycles. The third-order valence-electron chi connectivity index (χ3n) is 3.86. The lowest BCUT2D eigenvalue weighted by atomic mass is 10.1. The molecule has 0 radical (unpaired) electrons. The first-order chi connectivity index (χ1) is 13.2. The Hall–Kier alpha value is -2.47. The Bertz CT molecular complexity index is 707. The summed E-state index contributed by atoms with van der Waals surface area (Å²) in [4.78, 5) is 17.4. The van der Waals surface area contributed by atoms with Crippen molar-refractivity contribution < 1.29 is 4.79 Å². The Kier molecular flexibility index (Phi) is 9.27. The Labute approximate surface area is 166 Å². The van der Waals surface area contributed by atoms with Crippen LogP contribution in [0.5, 0.6) is 0 Å². The molecule has 0 aliphatic rings. The predicted octanol–water partition coefficient (Wildman–Crippen LogP) is 2.69. The second-order valence-corrected chi connectivity index (χ2v) is 7.65. The van der Waals surface area contributed by atoms with Crippen LogP contribution in [0.1, 0.15) is 12.5 Å². The topological polar surface area (TPSA) is 65.5 Å². The highest BCUT2D eigenvalue weighted by Crippen LogP contribution is 2.21. The van der Waals surface area contributed by atoms with E-state index >= 15 is 0 Å². The van der Waals surface area contributed by atoms with E-state index in [0.717, 1.165) is 13.0 Å². The van der Waals surface area contributed by atoms with Gasteiger partial charge < -0.3 is 16.0 Å². The number of benzene rings is 2. The summed E-state index contributed by atoms with van der Waals surface area (Å²) in [5.74, 6) is 0.592. The van der Waals surface area contributed by atoms with Crippen molar-refractivity contribution in [2.24, 2.45) is 4.99 Å². The number of amides is 1. The van der Waals surface area contributed by atoms with Gasteiger partial charge in [0.2, 0.25) is 5.91 Å². The summed E-state index contributed by atoms with van der Waals surface area (Å²) in [6, 6.07) is 20.4. The lowest BCUT2D eigenvalue weighted by Gasteiger charge is -2.16. The van der Waals surface area contributed by atoms with Crippen LogP contribution < -0.4 is 16.0 Å². The van der Waals surface area contributed by atoms with Gasteiger partial charge in [0.05, 0.1) is 6.54 Å². The van der Waals surface area contributed by atoms with Gasteiger partial charge in [-0.1, -0.05) is 55.5 Å². The van der Waals surface area contributed by atoms with Crippen molar-refractivity contribution in [2.75, 3.05) is 26.7 Å². The molecule has 1 amide bonds. The van der Waals surface area contributed by atoms with Crippen LogP contribution >= 0.6 is 11.8 Å². The predicted molar refractivity (Wildman–Crippen MR) is 114 cm³/mol. The Morgan fingerprint density at radius 3 is 2.33 bits per heavy atom. The summed E-state index contributed by atoms with van der Waals surface area (Å²) < 4.78 is 0. The molecule has 27 heavy (non-hydrogen) atoms. The Balaban J connectivity index is 1.62. The molecule has 6 heteroatoms. The minimum absolute atomic E-state index is 0.0411. The minimum atomic E-state index is -0.0411. The van der Waals surface area contributed by atoms with Crippen LogP contribution in [-0.4, -0.2) is 43.8 Å². The molecule has 0 aliphatic heterocycles. The largest absolute Gasteiger partial charge is 0.355 e. The summed E-state index contributed by atoms with van der Waals surface area (Å²) in [7, 11) is 1.71. The van der Waals surface area contributed by atoms with Crippen molar-refractivity contribution in [3.8, 4) is 0 Å². The molecule has 2 aromatic rings. The molecule has 0 saturated carbocycles. The summed E-state index contributed by atoms with van der Waals surface area (Å²) in [6.45, 7) is 3.75. The smallest absolute Gasteiger partial charge is 0.239 e. The summed E-state index contributed by atoms with van der Waals surface area (Å²) in [5.41, 5.74) is 1.22. The summed E-state index contributed by atoms with van der Waals surface area (Å²) in [5, 5.41) is 9.62. The number of aliphatic imine (C=N–C) groups is 1. The molecular weight excluding hydrogens is 356 g/mol. The fraction of sp³-hybridized carbons (Fsp3) is 0.333. The second-order valence-electron chi connectivity index (χ2n) is 6.13. The van der Waals surface area contributed by atoms with Gasteiger partial charge in [0.25, 0.3) is 0 Å². The van der Waals surface area contributed by atoms with Crippen LogP contribution in [0.15, 0.2) is 70.6 Å². The standard InChI is InChI=1S/C21H28N4OS/c1-17(27-19-11-7-4-8-12-19)15-24-21(22-2)25-16-20(26)23-14-13-18-9-5-3-6-10-18/h3-12,17H,13-16H2,1-2H3,(H,23,26)(H2,22,24,25). The van der Waals surface area contributed by atoms with Crippen molar-refractivity contribution in [1.29, 1.82) is 0 Å². The number of thioether (sulfide) groups is 1. The molecule has 0 aromatic heterocycles. The van der Waals surface area contributed by atoms with Crippen molar-refractivity contribution >= 4 is 23.6 Å². The van der Waals surface area contributed by atoms with Gasteiger partial charge >= 0.3 is 0 Å². The molecule has 0 aliphatic carbocycles. The van der Waals surface area contributed by atoms with E-state index in [-0.39, 0.29) is 12.5 Å². The molecule has 1 atom stereocenters. The third-order valence-corrected chi connectivity index (χ3v) is 4.97. The zero-order valence-electron chi connectivity index (χ0n) is 15.9. The van der Waals surface area contributed by atoms with Gasteiger partial charge in [-0.05, 0) is 24.1 Å². The average molecular weight is 385 g/mol. The number of hydrogen-bond donors (Lipinski definition) is 3. The number of hydrogen-bond acceptors (Lipinski definition) is 3. The third kappa shape index (κ3) is 8.64. The van der Waals surface area contributed by atoms with Gasteiger partial charge in [-0.3, -0.25) is 9.79 Å². The lowest BCUT2D eigenvalue weighted by molar-refractivity contribution is -0.119. The number of nitrogens with zero attached hydrogens (tertiary/aromatic N) is 1. The Morgan fingerprint density at radius 1 is 1.00 bits per heavy atom. The highest BCUT2D eigenvalue weighted by atomic mass is 32.2. The molecule has 0 heterocycles. The van der Waals surface area contributed by atoms with Crippen molar-refractivity contribution in [3.63, 3.8) is 0 Å². The maximum Gasteiger partial charge on any atom is 0.239 e. The van der Waals surface area contributed by atoms with Gasteiger partial charge in [0.1, 0.15) is 0 Å². The molecule has 1 unspecified atom stereocenters. The van der Waals surface area contributed by atoms with E-state index in [1.807, 2.05) is 36.4 Å². The molecular formula is C21H28N4OS. The molecule has 144 valence electrons. The SMILES string of the molecule is CN=C(NCC(=O)NCCc1ccccc1)NCC(C)Sc1ccccc1. The molecule has 0 fully saturated rings. The number of carbonyl (C=O) groups is 1. The van der Waals surface area contributed by atoms with Gasteiger partial charge in [-0.15, -0.1) is 11.8 Å². The second kappa shape index (κ2) is 12.0. The maximum absolute atomic E-state index is 12.0. The van der Waals surface area contributed by atoms with Crippen LogP contribution in [0.3, 0.4) is 0 Å². The fourth-order valence-electron chi connectivity index (χ4n) is 2.45. The lowest BCUT2D eigenvalue weighted by Crippen LogP contribution is -2.44. The molecule has 3 N–H and O–H groups in total. The van der Waals surface area contributed by atoms with Crippen molar-refractivity contribution in [3.05, 3.63) is 66.2 Å². The van der Waals surface area contributed by atoms with Gasteiger partial charge in [-0.25, -0.2) is 0 Å². The molecule has 0 saturated heterocycles. The highest BCUT2D eigenvalue weighted by Gasteiger charge is 2.07. The number of carbonyl (C=O) groups excluding carboxylic acids is 1. The van der Waals surface area contributed by atoms with E-state index in [1.54, 1.807) is 18.8 Å². The fourth-order valence-corrected chi connectivity index (χ4v) is 3.40. The van der Waals surface area contributed by atoms with Crippen LogP contribution in [0.2, 0.25) is 0 Å². The zero-order valence-corrected chi connectivity index (χ0v) is 16.8. The van der Waals surface area contributed by atoms with E-state index in [2.05, 4.69) is 52.1 Å². The summed E-state index contributed by atoms with van der Waals surface area (Å²) in [6.07, 6.45) is 0.827. The summed E-state index contributed by atoms with van der Waals surface area (Å²) >= 11 is 1.80. The van der Waals surface area contributed by atoms with Gasteiger partial charge in [0, 0.05) is 30.3 Å².